The first-order chi connectivity index (χ1) is 8.99. The van der Waals surface area contributed by atoms with Crippen LogP contribution in [-0.4, -0.2) is 23.8 Å². The van der Waals surface area contributed by atoms with E-state index in [0.29, 0.717) is 17.8 Å². The molecule has 0 radical (unpaired) electrons. The van der Waals surface area contributed by atoms with Crippen LogP contribution in [0.25, 0.3) is 0 Å². The number of anilines is 1. The number of hydrogen-bond donors (Lipinski definition) is 0. The minimum absolute atomic E-state index is 0.000605. The van der Waals surface area contributed by atoms with E-state index in [4.69, 9.17) is 0 Å². The summed E-state index contributed by atoms with van der Waals surface area (Å²) in [7, 11) is 0. The predicted molar refractivity (Wildman–Crippen MR) is 73.7 cm³/mol. The van der Waals surface area contributed by atoms with Crippen LogP contribution in [0.2, 0.25) is 0 Å². The molecule has 0 aliphatic carbocycles. The molecular weight excluding hydrogens is 244 g/mol. The Morgan fingerprint density at radius 3 is 2.68 bits per heavy atom. The minimum atomic E-state index is -0.424. The summed E-state index contributed by atoms with van der Waals surface area (Å²) >= 11 is 0. The van der Waals surface area contributed by atoms with Crippen LogP contribution in [0.3, 0.4) is 0 Å². The van der Waals surface area contributed by atoms with Crippen LogP contribution in [0, 0.1) is 10.1 Å². The van der Waals surface area contributed by atoms with Crippen LogP contribution in [0.1, 0.15) is 30.6 Å². The Hall–Kier alpha value is -2.17. The Kier molecular flexibility index (Phi) is 3.64. The van der Waals surface area contributed by atoms with Crippen molar-refractivity contribution in [3.63, 3.8) is 0 Å². The highest BCUT2D eigenvalue weighted by Gasteiger charge is 2.21. The quantitative estimate of drug-likeness (QED) is 0.363. The molecule has 1 aromatic carbocycles. The fourth-order valence-corrected chi connectivity index (χ4v) is 2.15. The van der Waals surface area contributed by atoms with Gasteiger partial charge in [0, 0.05) is 24.7 Å². The molecule has 0 saturated carbocycles. The van der Waals surface area contributed by atoms with E-state index in [1.165, 1.54) is 18.6 Å². The molecule has 0 saturated heterocycles. The second kappa shape index (κ2) is 5.22. The van der Waals surface area contributed by atoms with Crippen molar-refractivity contribution < 1.29 is 9.72 Å². The highest BCUT2D eigenvalue weighted by atomic mass is 16.6. The van der Waals surface area contributed by atoms with Crippen LogP contribution in [0.4, 0.5) is 11.4 Å². The number of Topliss-reactive ketones (excluding diaryl/α,β-unsaturated/α-hetero) is 1. The van der Waals surface area contributed by atoms with E-state index in [0.717, 1.165) is 13.0 Å². The van der Waals surface area contributed by atoms with Crippen molar-refractivity contribution in [1.29, 1.82) is 0 Å². The third kappa shape index (κ3) is 2.81. The number of rotatable bonds is 3. The second-order valence-electron chi connectivity index (χ2n) is 4.76. The first-order valence-corrected chi connectivity index (χ1v) is 6.19. The molecule has 0 bridgehead atoms. The smallest absolute Gasteiger partial charge is 0.293 e. The third-order valence-electron chi connectivity index (χ3n) is 3.36. The zero-order valence-electron chi connectivity index (χ0n) is 11.0. The van der Waals surface area contributed by atoms with Gasteiger partial charge in [0.05, 0.1) is 4.92 Å². The monoisotopic (exact) mass is 260 g/mol. The molecule has 1 aromatic rings. The summed E-state index contributed by atoms with van der Waals surface area (Å²) < 4.78 is 0. The van der Waals surface area contributed by atoms with Crippen molar-refractivity contribution in [1.82, 2.24) is 0 Å². The summed E-state index contributed by atoms with van der Waals surface area (Å²) in [5.74, 6) is -0.163. The topological polar surface area (TPSA) is 63.5 Å². The lowest BCUT2D eigenvalue weighted by molar-refractivity contribution is -0.384. The lowest BCUT2D eigenvalue weighted by Crippen LogP contribution is -2.28. The van der Waals surface area contributed by atoms with Crippen molar-refractivity contribution in [2.45, 2.75) is 20.3 Å². The van der Waals surface area contributed by atoms with E-state index in [9.17, 15) is 14.9 Å². The number of benzene rings is 1. The maximum Gasteiger partial charge on any atom is 0.293 e. The van der Waals surface area contributed by atoms with Gasteiger partial charge in [0.15, 0.2) is 5.78 Å². The van der Waals surface area contributed by atoms with Gasteiger partial charge < -0.3 is 4.90 Å². The molecule has 0 N–H and O–H groups in total. The Morgan fingerprint density at radius 1 is 1.42 bits per heavy atom. The lowest BCUT2D eigenvalue weighted by Gasteiger charge is -2.27. The summed E-state index contributed by atoms with van der Waals surface area (Å²) in [6.07, 6.45) is 2.98. The van der Waals surface area contributed by atoms with Crippen LogP contribution < -0.4 is 4.90 Å². The molecule has 0 unspecified atom stereocenters. The van der Waals surface area contributed by atoms with Gasteiger partial charge in [0.2, 0.25) is 0 Å². The molecule has 1 aliphatic heterocycles. The van der Waals surface area contributed by atoms with Gasteiger partial charge in [-0.25, -0.2) is 0 Å². The van der Waals surface area contributed by atoms with Crippen molar-refractivity contribution in [3.8, 4) is 0 Å². The molecular formula is C14H16N2O3. The van der Waals surface area contributed by atoms with Crippen molar-refractivity contribution >= 4 is 17.2 Å². The first-order valence-electron chi connectivity index (χ1n) is 6.19. The van der Waals surface area contributed by atoms with E-state index in [1.54, 1.807) is 12.1 Å². The van der Waals surface area contributed by atoms with Crippen molar-refractivity contribution in [2.75, 3.05) is 18.0 Å². The number of nitro groups is 1. The standard InChI is InChI=1S/C14H16N2O3/c1-10-5-7-15(8-6-10)13-4-3-12(11(2)17)9-14(13)16(18)19/h3-5,9H,6-8H2,1-2H3. The summed E-state index contributed by atoms with van der Waals surface area (Å²) in [6, 6.07) is 4.68. The second-order valence-corrected chi connectivity index (χ2v) is 4.76. The van der Waals surface area contributed by atoms with E-state index in [1.807, 2.05) is 4.90 Å². The zero-order chi connectivity index (χ0) is 14.0. The molecule has 0 atom stereocenters. The van der Waals surface area contributed by atoms with E-state index in [2.05, 4.69) is 13.0 Å². The van der Waals surface area contributed by atoms with Gasteiger partial charge in [-0.3, -0.25) is 14.9 Å². The first kappa shape index (κ1) is 13.3. The van der Waals surface area contributed by atoms with Crippen molar-refractivity contribution in [3.05, 3.63) is 45.5 Å². The minimum Gasteiger partial charge on any atom is -0.362 e. The number of ketones is 1. The molecule has 1 aliphatic rings. The Labute approximate surface area is 111 Å². The maximum atomic E-state index is 11.3. The number of nitrogens with zero attached hydrogens (tertiary/aromatic N) is 2. The Morgan fingerprint density at radius 2 is 2.16 bits per heavy atom. The Bertz CT molecular complexity index is 564. The fourth-order valence-electron chi connectivity index (χ4n) is 2.15. The molecule has 1 heterocycles. The highest BCUT2D eigenvalue weighted by molar-refractivity contribution is 5.95. The van der Waals surface area contributed by atoms with Gasteiger partial charge in [-0.2, -0.15) is 0 Å². The van der Waals surface area contributed by atoms with Gasteiger partial charge >= 0.3 is 0 Å². The number of carbonyl (C=O) groups is 1. The molecule has 2 rings (SSSR count). The van der Waals surface area contributed by atoms with Gasteiger partial charge in [0.1, 0.15) is 5.69 Å². The molecule has 5 heteroatoms. The average Bonchev–Trinajstić information content (AvgIpc) is 2.38. The van der Waals surface area contributed by atoms with E-state index < -0.39 is 4.92 Å². The third-order valence-corrected chi connectivity index (χ3v) is 3.36. The Balaban J connectivity index is 2.40. The summed E-state index contributed by atoms with van der Waals surface area (Å²) in [4.78, 5) is 24.0. The number of nitro benzene ring substituents is 1. The summed E-state index contributed by atoms with van der Waals surface area (Å²) in [5.41, 5.74) is 2.26. The summed E-state index contributed by atoms with van der Waals surface area (Å²) in [6.45, 7) is 4.91. The lowest BCUT2D eigenvalue weighted by atomic mass is 10.1. The van der Waals surface area contributed by atoms with Gasteiger partial charge in [0.25, 0.3) is 5.69 Å². The normalized spacial score (nSPS) is 15.1. The molecule has 100 valence electrons. The predicted octanol–water partition coefficient (Wildman–Crippen LogP) is 2.95. The van der Waals surface area contributed by atoms with Gasteiger partial charge in [-0.1, -0.05) is 11.6 Å². The van der Waals surface area contributed by atoms with Crippen LogP contribution >= 0.6 is 0 Å². The van der Waals surface area contributed by atoms with E-state index >= 15 is 0 Å². The molecule has 5 nitrogen and oxygen atoms in total. The van der Waals surface area contributed by atoms with Crippen LogP contribution in [0.15, 0.2) is 29.8 Å². The molecule has 19 heavy (non-hydrogen) atoms. The maximum absolute atomic E-state index is 11.3. The van der Waals surface area contributed by atoms with Gasteiger partial charge in [-0.15, -0.1) is 0 Å². The fraction of sp³-hybridized carbons (Fsp3) is 0.357. The number of carbonyl (C=O) groups excluding carboxylic acids is 1. The molecule has 0 amide bonds. The summed E-state index contributed by atoms with van der Waals surface area (Å²) in [5, 5.41) is 11.2. The SMILES string of the molecule is CC(=O)c1ccc(N2CC=C(C)CC2)c([N+](=O)[O-])c1. The van der Waals surface area contributed by atoms with Gasteiger partial charge in [-0.05, 0) is 32.4 Å². The molecule has 0 aromatic heterocycles. The largest absolute Gasteiger partial charge is 0.362 e. The zero-order valence-corrected chi connectivity index (χ0v) is 11.0. The van der Waals surface area contributed by atoms with Crippen molar-refractivity contribution in [2.24, 2.45) is 0 Å². The number of hydrogen-bond acceptors (Lipinski definition) is 4. The molecule has 0 spiro atoms. The van der Waals surface area contributed by atoms with Crippen LogP contribution in [0.5, 0.6) is 0 Å². The molecule has 0 fully saturated rings. The highest BCUT2D eigenvalue weighted by Crippen LogP contribution is 2.31. The average molecular weight is 260 g/mol. The van der Waals surface area contributed by atoms with Crippen LogP contribution in [-0.2, 0) is 0 Å². The van der Waals surface area contributed by atoms with E-state index in [-0.39, 0.29) is 11.5 Å².